The Hall–Kier alpha value is -1.54. The summed E-state index contributed by atoms with van der Waals surface area (Å²) in [6.07, 6.45) is 0.0468. The minimum atomic E-state index is -0.838. The van der Waals surface area contributed by atoms with Gasteiger partial charge in [-0.05, 0) is 32.0 Å². The second-order valence-corrected chi connectivity index (χ2v) is 4.92. The van der Waals surface area contributed by atoms with Crippen LogP contribution >= 0.6 is 15.9 Å². The Bertz CT molecular complexity index is 482. The van der Waals surface area contributed by atoms with Crippen LogP contribution in [0.1, 0.15) is 25.8 Å². The molecule has 0 saturated heterocycles. The number of rotatable bonds is 5. The van der Waals surface area contributed by atoms with E-state index in [4.69, 9.17) is 10.4 Å². The first-order valence-corrected chi connectivity index (χ1v) is 6.47. The Morgan fingerprint density at radius 3 is 2.78 bits per heavy atom. The van der Waals surface area contributed by atoms with E-state index in [1.165, 1.54) is 0 Å². The molecule has 96 valence electrons. The summed E-state index contributed by atoms with van der Waals surface area (Å²) >= 11 is 3.37. The summed E-state index contributed by atoms with van der Waals surface area (Å²) in [5, 5.41) is 18.0. The molecule has 4 nitrogen and oxygen atoms in total. The molecule has 0 radical (unpaired) electrons. The van der Waals surface area contributed by atoms with Crippen LogP contribution in [0.25, 0.3) is 0 Å². The first-order valence-electron chi connectivity index (χ1n) is 5.67. The van der Waals surface area contributed by atoms with E-state index < -0.39 is 5.97 Å². The maximum atomic E-state index is 10.8. The van der Waals surface area contributed by atoms with Gasteiger partial charge < -0.3 is 10.0 Å². The molecular formula is C13H15BrN2O2. The lowest BCUT2D eigenvalue weighted by Gasteiger charge is -2.30. The van der Waals surface area contributed by atoms with Crippen molar-refractivity contribution in [3.8, 4) is 6.07 Å². The molecular weight excluding hydrogens is 296 g/mol. The van der Waals surface area contributed by atoms with Crippen LogP contribution in [0, 0.1) is 11.3 Å². The minimum absolute atomic E-state index is 0.0468. The number of hydrogen-bond acceptors (Lipinski definition) is 3. The highest BCUT2D eigenvalue weighted by molar-refractivity contribution is 9.10. The lowest BCUT2D eigenvalue weighted by molar-refractivity contribution is -0.137. The van der Waals surface area contributed by atoms with Gasteiger partial charge in [0, 0.05) is 17.1 Å². The third-order valence-corrected chi connectivity index (χ3v) is 3.23. The van der Waals surface area contributed by atoms with Crippen molar-refractivity contribution >= 4 is 27.6 Å². The van der Waals surface area contributed by atoms with Crippen LogP contribution < -0.4 is 4.90 Å². The average Bonchev–Trinajstić information content (AvgIpc) is 2.29. The van der Waals surface area contributed by atoms with Gasteiger partial charge in [-0.1, -0.05) is 15.9 Å². The predicted octanol–water partition coefficient (Wildman–Crippen LogP) is 3.01. The highest BCUT2D eigenvalue weighted by Crippen LogP contribution is 2.26. The molecule has 1 unspecified atom stereocenters. The van der Waals surface area contributed by atoms with E-state index in [0.717, 1.165) is 10.2 Å². The Morgan fingerprint density at radius 2 is 2.28 bits per heavy atom. The van der Waals surface area contributed by atoms with Crippen molar-refractivity contribution in [1.82, 2.24) is 0 Å². The largest absolute Gasteiger partial charge is 0.481 e. The Labute approximate surface area is 115 Å². The number of halogens is 1. The number of carbonyl (C=O) groups is 1. The van der Waals surface area contributed by atoms with Crippen molar-refractivity contribution in [2.24, 2.45) is 0 Å². The number of aliphatic carboxylic acids is 1. The molecule has 1 aromatic rings. The average molecular weight is 311 g/mol. The Morgan fingerprint density at radius 1 is 1.61 bits per heavy atom. The molecule has 0 spiro atoms. The van der Waals surface area contributed by atoms with Gasteiger partial charge >= 0.3 is 5.97 Å². The van der Waals surface area contributed by atoms with Gasteiger partial charge in [-0.3, -0.25) is 4.79 Å². The molecule has 0 bridgehead atoms. The lowest BCUT2D eigenvalue weighted by atomic mass is 10.1. The summed E-state index contributed by atoms with van der Waals surface area (Å²) in [6.45, 7) is 4.44. The highest BCUT2D eigenvalue weighted by atomic mass is 79.9. The van der Waals surface area contributed by atoms with Gasteiger partial charge in [0.1, 0.15) is 6.07 Å². The van der Waals surface area contributed by atoms with Crippen molar-refractivity contribution in [3.63, 3.8) is 0 Å². The first kappa shape index (κ1) is 14.5. The molecule has 0 aromatic heterocycles. The van der Waals surface area contributed by atoms with Gasteiger partial charge in [0.2, 0.25) is 0 Å². The third kappa shape index (κ3) is 3.47. The number of nitrogens with zero attached hydrogens (tertiary/aromatic N) is 2. The Kier molecular flexibility index (Phi) is 5.17. The molecule has 1 N–H and O–H groups in total. The van der Waals surface area contributed by atoms with E-state index in [-0.39, 0.29) is 12.5 Å². The molecule has 0 saturated carbocycles. The van der Waals surface area contributed by atoms with Crippen molar-refractivity contribution in [2.45, 2.75) is 26.3 Å². The lowest BCUT2D eigenvalue weighted by Crippen LogP contribution is -2.35. The summed E-state index contributed by atoms with van der Waals surface area (Å²) in [7, 11) is 0. The molecule has 1 rings (SSSR count). The van der Waals surface area contributed by atoms with E-state index in [1.54, 1.807) is 12.1 Å². The molecule has 1 aromatic carbocycles. The number of carboxylic acid groups (broad SMARTS) is 1. The molecule has 0 aliphatic heterocycles. The summed E-state index contributed by atoms with van der Waals surface area (Å²) in [4.78, 5) is 12.7. The maximum Gasteiger partial charge on any atom is 0.305 e. The molecule has 0 amide bonds. The monoisotopic (exact) mass is 310 g/mol. The van der Waals surface area contributed by atoms with Crippen LogP contribution in [-0.4, -0.2) is 23.7 Å². The molecule has 0 aliphatic rings. The molecule has 1 atom stereocenters. The van der Waals surface area contributed by atoms with Crippen molar-refractivity contribution < 1.29 is 9.90 Å². The Balaban J connectivity index is 3.12. The van der Waals surface area contributed by atoms with Gasteiger partial charge in [0.15, 0.2) is 0 Å². The highest BCUT2D eigenvalue weighted by Gasteiger charge is 2.18. The fourth-order valence-electron chi connectivity index (χ4n) is 1.92. The maximum absolute atomic E-state index is 10.8. The fraction of sp³-hybridized carbons (Fsp3) is 0.385. The van der Waals surface area contributed by atoms with E-state index in [0.29, 0.717) is 12.1 Å². The molecule has 18 heavy (non-hydrogen) atoms. The molecule has 0 heterocycles. The van der Waals surface area contributed by atoms with Gasteiger partial charge in [-0.25, -0.2) is 0 Å². The zero-order chi connectivity index (χ0) is 13.7. The number of carboxylic acids is 1. The zero-order valence-corrected chi connectivity index (χ0v) is 11.9. The summed E-state index contributed by atoms with van der Waals surface area (Å²) in [5.41, 5.74) is 1.32. The van der Waals surface area contributed by atoms with E-state index >= 15 is 0 Å². The standard InChI is InChI=1S/C13H15BrN2O2/c1-3-16(9(2)6-13(17)18)12-7-11(14)5-4-10(12)8-15/h4-5,7,9H,3,6H2,1-2H3,(H,17,18). The normalized spacial score (nSPS) is 11.7. The van der Waals surface area contributed by atoms with Crippen LogP contribution in [0.15, 0.2) is 22.7 Å². The molecule has 5 heteroatoms. The summed E-state index contributed by atoms with van der Waals surface area (Å²) in [6, 6.07) is 7.36. The second kappa shape index (κ2) is 6.41. The molecule has 0 aliphatic carbocycles. The van der Waals surface area contributed by atoms with Gasteiger partial charge in [0.05, 0.1) is 17.7 Å². The van der Waals surface area contributed by atoms with Crippen LogP contribution in [0.2, 0.25) is 0 Å². The topological polar surface area (TPSA) is 64.3 Å². The van der Waals surface area contributed by atoms with E-state index in [1.807, 2.05) is 24.8 Å². The van der Waals surface area contributed by atoms with Gasteiger partial charge in [-0.15, -0.1) is 0 Å². The minimum Gasteiger partial charge on any atom is -0.481 e. The van der Waals surface area contributed by atoms with Gasteiger partial charge in [0.25, 0.3) is 0 Å². The van der Waals surface area contributed by atoms with Crippen LogP contribution in [0.3, 0.4) is 0 Å². The number of benzene rings is 1. The summed E-state index contributed by atoms with van der Waals surface area (Å²) in [5.74, 6) is -0.838. The van der Waals surface area contributed by atoms with E-state index in [2.05, 4.69) is 22.0 Å². The van der Waals surface area contributed by atoms with Crippen molar-refractivity contribution in [2.75, 3.05) is 11.4 Å². The molecule has 0 fully saturated rings. The van der Waals surface area contributed by atoms with Gasteiger partial charge in [-0.2, -0.15) is 5.26 Å². The quantitative estimate of drug-likeness (QED) is 0.908. The number of nitriles is 1. The van der Waals surface area contributed by atoms with Crippen LogP contribution in [0.4, 0.5) is 5.69 Å². The SMILES string of the molecule is CCN(c1cc(Br)ccc1C#N)C(C)CC(=O)O. The van der Waals surface area contributed by atoms with E-state index in [9.17, 15) is 4.79 Å². The summed E-state index contributed by atoms with van der Waals surface area (Å²) < 4.78 is 0.873. The number of hydrogen-bond donors (Lipinski definition) is 1. The zero-order valence-electron chi connectivity index (χ0n) is 10.4. The van der Waals surface area contributed by atoms with Crippen LogP contribution in [-0.2, 0) is 4.79 Å². The van der Waals surface area contributed by atoms with Crippen molar-refractivity contribution in [1.29, 1.82) is 5.26 Å². The fourth-order valence-corrected chi connectivity index (χ4v) is 2.27. The smallest absolute Gasteiger partial charge is 0.305 e. The second-order valence-electron chi connectivity index (χ2n) is 4.01. The number of anilines is 1. The first-order chi connectivity index (χ1) is 8.49. The predicted molar refractivity (Wildman–Crippen MR) is 73.6 cm³/mol. The van der Waals surface area contributed by atoms with Crippen LogP contribution in [0.5, 0.6) is 0 Å². The third-order valence-electron chi connectivity index (χ3n) is 2.73. The van der Waals surface area contributed by atoms with Crippen molar-refractivity contribution in [3.05, 3.63) is 28.2 Å².